The minimum atomic E-state index is -0.333. The van der Waals surface area contributed by atoms with Gasteiger partial charge in [-0.05, 0) is 42.8 Å². The first-order valence-electron chi connectivity index (χ1n) is 7.54. The molecule has 0 unspecified atom stereocenters. The Hall–Kier alpha value is -2.16. The highest BCUT2D eigenvalue weighted by Gasteiger charge is 2.10. The molecule has 0 aliphatic carbocycles. The number of rotatable bonds is 6. The van der Waals surface area contributed by atoms with E-state index in [0.29, 0.717) is 25.9 Å². The van der Waals surface area contributed by atoms with Gasteiger partial charge in [-0.2, -0.15) is 0 Å². The number of aryl methyl sites for hydroxylation is 1. The van der Waals surface area contributed by atoms with Gasteiger partial charge in [0.25, 0.3) is 0 Å². The summed E-state index contributed by atoms with van der Waals surface area (Å²) in [6.07, 6.45) is 0. The number of anilines is 3. The average molecular weight is 409 g/mol. The number of hydrogen-bond donors (Lipinski definition) is 2. The van der Waals surface area contributed by atoms with Gasteiger partial charge in [0.15, 0.2) is 4.34 Å². The molecule has 3 rings (SSSR count). The molecule has 134 valence electrons. The molecular formula is C17H14ClFN4OS2. The van der Waals surface area contributed by atoms with E-state index in [-0.39, 0.29) is 17.5 Å². The summed E-state index contributed by atoms with van der Waals surface area (Å²) >= 11 is 8.66. The van der Waals surface area contributed by atoms with Gasteiger partial charge in [-0.3, -0.25) is 4.79 Å². The largest absolute Gasteiger partial charge is 0.330 e. The second-order valence-corrected chi connectivity index (χ2v) is 7.94. The zero-order valence-corrected chi connectivity index (χ0v) is 16.0. The summed E-state index contributed by atoms with van der Waals surface area (Å²) in [5.74, 6) is -0.338. The predicted octanol–water partition coefficient (Wildman–Crippen LogP) is 5.11. The third kappa shape index (κ3) is 5.17. The predicted molar refractivity (Wildman–Crippen MR) is 105 cm³/mol. The fourth-order valence-corrected chi connectivity index (χ4v) is 3.90. The SMILES string of the molecule is Cc1ccc(NC(=O)CSc2nnc(Nc3cccc(F)c3)s2)c(Cl)c1. The minimum Gasteiger partial charge on any atom is -0.330 e. The first-order chi connectivity index (χ1) is 12.5. The van der Waals surface area contributed by atoms with Gasteiger partial charge in [0.05, 0.1) is 16.5 Å². The monoisotopic (exact) mass is 408 g/mol. The lowest BCUT2D eigenvalue weighted by atomic mass is 10.2. The summed E-state index contributed by atoms with van der Waals surface area (Å²) in [6, 6.07) is 11.5. The highest BCUT2D eigenvalue weighted by Crippen LogP contribution is 2.28. The van der Waals surface area contributed by atoms with Crippen LogP contribution in [0.1, 0.15) is 5.56 Å². The van der Waals surface area contributed by atoms with Crippen LogP contribution in [0, 0.1) is 12.7 Å². The molecule has 0 spiro atoms. The van der Waals surface area contributed by atoms with Gasteiger partial charge >= 0.3 is 0 Å². The normalized spacial score (nSPS) is 10.6. The highest BCUT2D eigenvalue weighted by atomic mass is 35.5. The van der Waals surface area contributed by atoms with E-state index in [9.17, 15) is 9.18 Å². The molecule has 0 aliphatic heterocycles. The first-order valence-corrected chi connectivity index (χ1v) is 9.72. The van der Waals surface area contributed by atoms with Crippen molar-refractivity contribution < 1.29 is 9.18 Å². The van der Waals surface area contributed by atoms with Gasteiger partial charge in [0, 0.05) is 5.69 Å². The standard InChI is InChI=1S/C17H14ClFN4OS2/c1-10-5-6-14(13(18)7-10)21-15(24)9-25-17-23-22-16(26-17)20-12-4-2-3-11(19)8-12/h2-8H,9H2,1H3,(H,20,22)(H,21,24). The maximum absolute atomic E-state index is 13.2. The summed E-state index contributed by atoms with van der Waals surface area (Å²) in [6.45, 7) is 1.93. The Morgan fingerprint density at radius 3 is 2.88 bits per heavy atom. The maximum atomic E-state index is 13.2. The fraction of sp³-hybridized carbons (Fsp3) is 0.118. The van der Waals surface area contributed by atoms with E-state index in [1.54, 1.807) is 24.3 Å². The van der Waals surface area contributed by atoms with E-state index in [1.807, 2.05) is 13.0 Å². The summed E-state index contributed by atoms with van der Waals surface area (Å²) in [5.41, 5.74) is 2.19. The van der Waals surface area contributed by atoms with Crippen LogP contribution in [0.3, 0.4) is 0 Å². The number of aromatic nitrogens is 2. The molecule has 0 bridgehead atoms. The molecule has 0 fully saturated rings. The van der Waals surface area contributed by atoms with Crippen LogP contribution in [-0.2, 0) is 4.79 Å². The van der Waals surface area contributed by atoms with Crippen molar-refractivity contribution in [1.82, 2.24) is 10.2 Å². The molecule has 5 nitrogen and oxygen atoms in total. The fourth-order valence-electron chi connectivity index (χ4n) is 2.04. The number of hydrogen-bond acceptors (Lipinski definition) is 6. The van der Waals surface area contributed by atoms with Gasteiger partial charge in [-0.15, -0.1) is 10.2 Å². The summed E-state index contributed by atoms with van der Waals surface area (Å²) in [4.78, 5) is 12.1. The van der Waals surface area contributed by atoms with Gasteiger partial charge in [-0.25, -0.2) is 4.39 Å². The highest BCUT2D eigenvalue weighted by molar-refractivity contribution is 8.01. The third-order valence-electron chi connectivity index (χ3n) is 3.21. The van der Waals surface area contributed by atoms with E-state index in [1.165, 1.54) is 35.2 Å². The molecule has 0 saturated heterocycles. The summed E-state index contributed by atoms with van der Waals surface area (Å²) in [7, 11) is 0. The smallest absolute Gasteiger partial charge is 0.234 e. The molecule has 2 aromatic carbocycles. The molecule has 3 aromatic rings. The van der Waals surface area contributed by atoms with Crippen LogP contribution < -0.4 is 10.6 Å². The summed E-state index contributed by atoms with van der Waals surface area (Å²) < 4.78 is 13.8. The molecule has 0 atom stereocenters. The topological polar surface area (TPSA) is 66.9 Å². The number of thioether (sulfide) groups is 1. The molecule has 0 saturated carbocycles. The van der Waals surface area contributed by atoms with Crippen LogP contribution in [0.25, 0.3) is 0 Å². The number of benzene rings is 2. The van der Waals surface area contributed by atoms with Crippen molar-refractivity contribution in [2.24, 2.45) is 0 Å². The van der Waals surface area contributed by atoms with Crippen molar-refractivity contribution in [2.45, 2.75) is 11.3 Å². The van der Waals surface area contributed by atoms with Gasteiger partial charge in [-0.1, -0.05) is 46.8 Å². The van der Waals surface area contributed by atoms with Crippen molar-refractivity contribution in [1.29, 1.82) is 0 Å². The zero-order chi connectivity index (χ0) is 18.5. The van der Waals surface area contributed by atoms with E-state index >= 15 is 0 Å². The molecule has 26 heavy (non-hydrogen) atoms. The van der Waals surface area contributed by atoms with Crippen LogP contribution >= 0.6 is 34.7 Å². The van der Waals surface area contributed by atoms with E-state index in [2.05, 4.69) is 20.8 Å². The van der Waals surface area contributed by atoms with Crippen LogP contribution in [0.4, 0.5) is 20.9 Å². The third-order valence-corrected chi connectivity index (χ3v) is 5.49. The van der Waals surface area contributed by atoms with Gasteiger partial charge < -0.3 is 10.6 Å². The van der Waals surface area contributed by atoms with Crippen molar-refractivity contribution in [2.75, 3.05) is 16.4 Å². The Bertz CT molecular complexity index is 935. The number of carbonyl (C=O) groups is 1. The van der Waals surface area contributed by atoms with Crippen LogP contribution in [-0.4, -0.2) is 21.9 Å². The first kappa shape index (κ1) is 18.6. The number of halogens is 2. The lowest BCUT2D eigenvalue weighted by molar-refractivity contribution is -0.113. The van der Waals surface area contributed by atoms with Gasteiger partial charge in [0.1, 0.15) is 5.82 Å². The van der Waals surface area contributed by atoms with Crippen LogP contribution in [0.2, 0.25) is 5.02 Å². The number of carbonyl (C=O) groups excluding carboxylic acids is 1. The number of amides is 1. The lowest BCUT2D eigenvalue weighted by Gasteiger charge is -2.07. The maximum Gasteiger partial charge on any atom is 0.234 e. The Morgan fingerprint density at radius 2 is 2.12 bits per heavy atom. The molecule has 1 aromatic heterocycles. The second-order valence-electron chi connectivity index (χ2n) is 5.33. The molecule has 1 amide bonds. The Morgan fingerprint density at radius 1 is 1.27 bits per heavy atom. The zero-order valence-electron chi connectivity index (χ0n) is 13.6. The van der Waals surface area contributed by atoms with Crippen molar-refractivity contribution in [3.63, 3.8) is 0 Å². The van der Waals surface area contributed by atoms with E-state index in [0.717, 1.165) is 5.56 Å². The van der Waals surface area contributed by atoms with Crippen molar-refractivity contribution in [3.8, 4) is 0 Å². The number of nitrogens with zero attached hydrogens (tertiary/aromatic N) is 2. The molecule has 1 heterocycles. The molecule has 2 N–H and O–H groups in total. The Labute approximate surface area is 163 Å². The Kier molecular flexibility index (Phi) is 6.08. The molecular weight excluding hydrogens is 395 g/mol. The minimum absolute atomic E-state index is 0.179. The number of nitrogens with one attached hydrogen (secondary N) is 2. The average Bonchev–Trinajstić information content (AvgIpc) is 3.03. The van der Waals surface area contributed by atoms with Crippen molar-refractivity contribution in [3.05, 3.63) is 58.9 Å². The quantitative estimate of drug-likeness (QED) is 0.554. The lowest BCUT2D eigenvalue weighted by Crippen LogP contribution is -2.14. The molecule has 0 aliphatic rings. The molecule has 9 heteroatoms. The second kappa shape index (κ2) is 8.48. The van der Waals surface area contributed by atoms with Crippen LogP contribution in [0.5, 0.6) is 0 Å². The van der Waals surface area contributed by atoms with E-state index < -0.39 is 0 Å². The Balaban J connectivity index is 1.53. The summed E-state index contributed by atoms with van der Waals surface area (Å²) in [5, 5.41) is 14.8. The van der Waals surface area contributed by atoms with Crippen LogP contribution in [0.15, 0.2) is 46.8 Å². The van der Waals surface area contributed by atoms with Crippen molar-refractivity contribution >= 4 is 57.1 Å². The van der Waals surface area contributed by atoms with E-state index in [4.69, 9.17) is 11.6 Å². The molecule has 0 radical (unpaired) electrons. The van der Waals surface area contributed by atoms with Gasteiger partial charge in [0.2, 0.25) is 11.0 Å².